The number of amides is 1. The SMILES string of the molecule is Cc1ccc(/C=C2/SC(=Nc3ccc(C)cc3)N(CCc3ccccc3)C2=O)cc1. The molecule has 0 aliphatic carbocycles. The average molecular weight is 413 g/mol. The van der Waals surface area contributed by atoms with Crippen molar-refractivity contribution in [1.82, 2.24) is 4.90 Å². The van der Waals surface area contributed by atoms with Crippen molar-refractivity contribution in [2.24, 2.45) is 4.99 Å². The van der Waals surface area contributed by atoms with E-state index in [0.29, 0.717) is 11.4 Å². The van der Waals surface area contributed by atoms with Gasteiger partial charge in [-0.05, 0) is 61.4 Å². The third-order valence-corrected chi connectivity index (χ3v) is 6.00. The normalized spacial score (nSPS) is 16.6. The highest BCUT2D eigenvalue weighted by Gasteiger charge is 2.33. The molecule has 3 nitrogen and oxygen atoms in total. The van der Waals surface area contributed by atoms with Crippen molar-refractivity contribution >= 4 is 34.6 Å². The van der Waals surface area contributed by atoms with Gasteiger partial charge in [-0.2, -0.15) is 0 Å². The van der Waals surface area contributed by atoms with Crippen LogP contribution >= 0.6 is 11.8 Å². The number of nitrogens with zero attached hydrogens (tertiary/aromatic N) is 2. The first-order chi connectivity index (χ1) is 14.6. The first-order valence-electron chi connectivity index (χ1n) is 10.1. The van der Waals surface area contributed by atoms with Gasteiger partial charge in [0, 0.05) is 6.54 Å². The van der Waals surface area contributed by atoms with E-state index in [1.54, 1.807) is 4.90 Å². The smallest absolute Gasteiger partial charge is 0.266 e. The summed E-state index contributed by atoms with van der Waals surface area (Å²) in [5.41, 5.74) is 5.48. The van der Waals surface area contributed by atoms with E-state index in [2.05, 4.69) is 38.1 Å². The fourth-order valence-corrected chi connectivity index (χ4v) is 4.24. The standard InChI is InChI=1S/C26H24N2OS/c1-19-8-12-22(13-9-19)18-24-25(29)28(17-16-21-6-4-3-5-7-21)26(30-24)27-23-14-10-20(2)11-15-23/h3-15,18H,16-17H2,1-2H3/b24-18+,27-26?. The van der Waals surface area contributed by atoms with Crippen molar-refractivity contribution in [2.75, 3.05) is 6.54 Å². The van der Waals surface area contributed by atoms with E-state index < -0.39 is 0 Å². The number of hydrogen-bond acceptors (Lipinski definition) is 3. The number of carbonyl (C=O) groups is 1. The summed E-state index contributed by atoms with van der Waals surface area (Å²) in [4.78, 5) is 20.5. The van der Waals surface area contributed by atoms with Crippen molar-refractivity contribution in [3.63, 3.8) is 0 Å². The third-order valence-electron chi connectivity index (χ3n) is 4.99. The Bertz CT molecular complexity index is 1080. The maximum Gasteiger partial charge on any atom is 0.266 e. The van der Waals surface area contributed by atoms with Gasteiger partial charge in [0.05, 0.1) is 10.6 Å². The zero-order chi connectivity index (χ0) is 20.9. The van der Waals surface area contributed by atoms with Crippen LogP contribution in [-0.2, 0) is 11.2 Å². The summed E-state index contributed by atoms with van der Waals surface area (Å²) in [7, 11) is 0. The molecule has 3 aromatic rings. The molecule has 30 heavy (non-hydrogen) atoms. The minimum absolute atomic E-state index is 0.0161. The minimum Gasteiger partial charge on any atom is -0.286 e. The van der Waals surface area contributed by atoms with Gasteiger partial charge in [-0.25, -0.2) is 4.99 Å². The Morgan fingerprint density at radius 3 is 2.17 bits per heavy atom. The van der Waals surface area contributed by atoms with Gasteiger partial charge < -0.3 is 0 Å². The highest BCUT2D eigenvalue weighted by Crippen LogP contribution is 2.34. The monoisotopic (exact) mass is 412 g/mol. The molecule has 0 spiro atoms. The second-order valence-electron chi connectivity index (χ2n) is 7.44. The van der Waals surface area contributed by atoms with Gasteiger partial charge in [0.2, 0.25) is 0 Å². The third kappa shape index (κ3) is 4.89. The molecule has 0 atom stereocenters. The molecule has 0 unspecified atom stereocenters. The molecular formula is C26H24N2OS. The van der Waals surface area contributed by atoms with Crippen LogP contribution in [0.15, 0.2) is 88.8 Å². The highest BCUT2D eigenvalue weighted by atomic mass is 32.2. The first-order valence-corrected chi connectivity index (χ1v) is 10.9. The van der Waals surface area contributed by atoms with Crippen molar-refractivity contribution in [2.45, 2.75) is 20.3 Å². The summed E-state index contributed by atoms with van der Waals surface area (Å²) in [6, 6.07) is 26.5. The molecule has 4 heteroatoms. The van der Waals surface area contributed by atoms with E-state index >= 15 is 0 Å². The Kier molecular flexibility index (Phi) is 6.15. The van der Waals surface area contributed by atoms with Gasteiger partial charge in [0.25, 0.3) is 5.91 Å². The Labute approximate surface area is 182 Å². The predicted molar refractivity (Wildman–Crippen MR) is 127 cm³/mol. The summed E-state index contributed by atoms with van der Waals surface area (Å²) in [5, 5.41) is 0.734. The summed E-state index contributed by atoms with van der Waals surface area (Å²) in [6.45, 7) is 4.72. The van der Waals surface area contributed by atoms with Crippen LogP contribution in [0, 0.1) is 13.8 Å². The number of rotatable bonds is 5. The van der Waals surface area contributed by atoms with E-state index in [1.807, 2.05) is 60.7 Å². The number of carbonyl (C=O) groups excluding carboxylic acids is 1. The van der Waals surface area contributed by atoms with Gasteiger partial charge in [-0.1, -0.05) is 77.9 Å². The van der Waals surface area contributed by atoms with Crippen molar-refractivity contribution in [3.05, 3.63) is 106 Å². The number of benzene rings is 3. The van der Waals surface area contributed by atoms with Crippen LogP contribution in [0.1, 0.15) is 22.3 Å². The van der Waals surface area contributed by atoms with Crippen molar-refractivity contribution in [3.8, 4) is 0 Å². The second-order valence-corrected chi connectivity index (χ2v) is 8.45. The molecule has 1 fully saturated rings. The maximum absolute atomic E-state index is 13.2. The van der Waals surface area contributed by atoms with Gasteiger partial charge in [0.1, 0.15) is 0 Å². The van der Waals surface area contributed by atoms with Crippen LogP contribution in [0.25, 0.3) is 6.08 Å². The van der Waals surface area contributed by atoms with Gasteiger partial charge in [0.15, 0.2) is 5.17 Å². The molecule has 1 amide bonds. The summed E-state index contributed by atoms with van der Waals surface area (Å²) in [6.07, 6.45) is 2.75. The number of amidine groups is 1. The van der Waals surface area contributed by atoms with Crippen LogP contribution in [-0.4, -0.2) is 22.5 Å². The Hall–Kier alpha value is -3.11. The number of hydrogen-bond donors (Lipinski definition) is 0. The largest absolute Gasteiger partial charge is 0.286 e. The summed E-state index contributed by atoms with van der Waals surface area (Å²) < 4.78 is 0. The molecule has 1 aliphatic heterocycles. The van der Waals surface area contributed by atoms with Crippen LogP contribution in [0.3, 0.4) is 0 Å². The molecule has 0 radical (unpaired) electrons. The van der Waals surface area contributed by atoms with Crippen LogP contribution in [0.5, 0.6) is 0 Å². The highest BCUT2D eigenvalue weighted by molar-refractivity contribution is 8.18. The van der Waals surface area contributed by atoms with E-state index in [1.165, 1.54) is 28.5 Å². The molecule has 4 rings (SSSR count). The lowest BCUT2D eigenvalue weighted by atomic mass is 10.1. The molecule has 0 saturated carbocycles. The Balaban J connectivity index is 1.63. The molecule has 0 bridgehead atoms. The summed E-state index contributed by atoms with van der Waals surface area (Å²) in [5.74, 6) is 0.0161. The van der Waals surface area contributed by atoms with E-state index in [0.717, 1.165) is 22.8 Å². The second kappa shape index (κ2) is 9.14. The maximum atomic E-state index is 13.2. The molecule has 1 saturated heterocycles. The Morgan fingerprint density at radius 1 is 0.867 bits per heavy atom. The number of thioether (sulfide) groups is 1. The molecule has 1 aliphatic rings. The van der Waals surface area contributed by atoms with Gasteiger partial charge >= 0.3 is 0 Å². The molecule has 3 aromatic carbocycles. The molecule has 1 heterocycles. The number of aliphatic imine (C=N–C) groups is 1. The molecular weight excluding hydrogens is 388 g/mol. The van der Waals surface area contributed by atoms with E-state index in [-0.39, 0.29) is 5.91 Å². The topological polar surface area (TPSA) is 32.7 Å². The molecule has 0 aromatic heterocycles. The Morgan fingerprint density at radius 2 is 1.50 bits per heavy atom. The zero-order valence-electron chi connectivity index (χ0n) is 17.2. The number of aryl methyl sites for hydroxylation is 2. The van der Waals surface area contributed by atoms with Crippen molar-refractivity contribution in [1.29, 1.82) is 0 Å². The zero-order valence-corrected chi connectivity index (χ0v) is 18.0. The van der Waals surface area contributed by atoms with Crippen LogP contribution < -0.4 is 0 Å². The lowest BCUT2D eigenvalue weighted by Gasteiger charge is -2.15. The van der Waals surface area contributed by atoms with Gasteiger partial charge in [-0.15, -0.1) is 0 Å². The fourth-order valence-electron chi connectivity index (χ4n) is 3.22. The lowest BCUT2D eigenvalue weighted by molar-refractivity contribution is -0.122. The molecule has 150 valence electrons. The quantitative estimate of drug-likeness (QED) is 0.471. The average Bonchev–Trinajstić information content (AvgIpc) is 3.04. The first kappa shape index (κ1) is 20.2. The van der Waals surface area contributed by atoms with E-state index in [9.17, 15) is 4.79 Å². The fraction of sp³-hybridized carbons (Fsp3) is 0.154. The van der Waals surface area contributed by atoms with Crippen LogP contribution in [0.2, 0.25) is 0 Å². The van der Waals surface area contributed by atoms with E-state index in [4.69, 9.17) is 4.99 Å². The predicted octanol–water partition coefficient (Wildman–Crippen LogP) is 6.15. The van der Waals surface area contributed by atoms with Crippen molar-refractivity contribution < 1.29 is 4.79 Å². The minimum atomic E-state index is 0.0161. The lowest BCUT2D eigenvalue weighted by Crippen LogP contribution is -2.31. The van der Waals surface area contributed by atoms with Crippen LogP contribution in [0.4, 0.5) is 5.69 Å². The van der Waals surface area contributed by atoms with Gasteiger partial charge in [-0.3, -0.25) is 9.69 Å². The molecule has 0 N–H and O–H groups in total. The summed E-state index contributed by atoms with van der Waals surface area (Å²) >= 11 is 1.45.